The molecule has 0 atom stereocenters. The van der Waals surface area contributed by atoms with Crippen molar-refractivity contribution >= 4 is 23.6 Å². The molecule has 0 spiro atoms. The van der Waals surface area contributed by atoms with Crippen LogP contribution in [0.3, 0.4) is 0 Å². The SMILES string of the molecule is CCCCCCCCCCCCN(C(=O)[O-])c1ccc(C)c(N(CCCCCCCCCCCC)C(=O)[O-])c1. The Morgan fingerprint density at radius 3 is 1.31 bits per heavy atom. The van der Waals surface area contributed by atoms with E-state index in [1.807, 2.05) is 6.92 Å². The molecule has 0 fully saturated rings. The lowest BCUT2D eigenvalue weighted by atomic mass is 10.1. The number of rotatable bonds is 24. The van der Waals surface area contributed by atoms with E-state index in [0.717, 1.165) is 44.1 Å². The molecule has 0 aromatic heterocycles. The van der Waals surface area contributed by atoms with Gasteiger partial charge in [-0.3, -0.25) is 0 Å². The van der Waals surface area contributed by atoms with Crippen molar-refractivity contribution in [1.29, 1.82) is 0 Å². The van der Waals surface area contributed by atoms with Gasteiger partial charge in [0, 0.05) is 24.5 Å². The summed E-state index contributed by atoms with van der Waals surface area (Å²) in [6.07, 6.45) is 21.0. The Morgan fingerprint density at radius 2 is 0.923 bits per heavy atom. The molecule has 0 aliphatic carbocycles. The Bertz CT molecular complexity index is 783. The number of carbonyl (C=O) groups is 2. The summed E-state index contributed by atoms with van der Waals surface area (Å²) in [5, 5.41) is 23.9. The molecular formula is C33H56N2O4-2. The summed E-state index contributed by atoms with van der Waals surface area (Å²) in [4.78, 5) is 26.4. The molecule has 0 aliphatic rings. The molecule has 6 nitrogen and oxygen atoms in total. The van der Waals surface area contributed by atoms with Crippen molar-refractivity contribution in [3.8, 4) is 0 Å². The van der Waals surface area contributed by atoms with Crippen molar-refractivity contribution in [2.75, 3.05) is 22.9 Å². The van der Waals surface area contributed by atoms with E-state index >= 15 is 0 Å². The minimum Gasteiger partial charge on any atom is -0.530 e. The van der Waals surface area contributed by atoms with Gasteiger partial charge in [0.2, 0.25) is 0 Å². The van der Waals surface area contributed by atoms with Gasteiger partial charge in [-0.15, -0.1) is 0 Å². The Hall–Kier alpha value is -2.24. The summed E-state index contributed by atoms with van der Waals surface area (Å²) in [7, 11) is 0. The quantitative estimate of drug-likeness (QED) is 0.123. The third-order valence-corrected chi connectivity index (χ3v) is 7.71. The molecule has 1 aromatic rings. The Labute approximate surface area is 239 Å². The normalized spacial score (nSPS) is 11.1. The van der Waals surface area contributed by atoms with Gasteiger partial charge in [-0.1, -0.05) is 135 Å². The zero-order chi connectivity index (χ0) is 28.7. The summed E-state index contributed by atoms with van der Waals surface area (Å²) in [5.41, 5.74) is 1.74. The van der Waals surface area contributed by atoms with E-state index in [9.17, 15) is 19.8 Å². The average molecular weight is 545 g/mol. The van der Waals surface area contributed by atoms with Gasteiger partial charge < -0.3 is 29.6 Å². The number of aryl methyl sites for hydroxylation is 1. The van der Waals surface area contributed by atoms with Crippen LogP contribution in [-0.4, -0.2) is 25.3 Å². The Morgan fingerprint density at radius 1 is 0.564 bits per heavy atom. The van der Waals surface area contributed by atoms with Crippen LogP contribution in [0.4, 0.5) is 21.0 Å². The molecule has 1 aromatic carbocycles. The van der Waals surface area contributed by atoms with Gasteiger partial charge in [-0.05, 0) is 37.5 Å². The molecule has 0 N–H and O–H groups in total. The fourth-order valence-corrected chi connectivity index (χ4v) is 5.21. The smallest absolute Gasteiger partial charge is 0.141 e. The van der Waals surface area contributed by atoms with Crippen LogP contribution in [0.25, 0.3) is 0 Å². The summed E-state index contributed by atoms with van der Waals surface area (Å²) in [6, 6.07) is 5.18. The highest BCUT2D eigenvalue weighted by atomic mass is 16.4. The van der Waals surface area contributed by atoms with Crippen molar-refractivity contribution in [2.45, 2.75) is 149 Å². The number of anilines is 2. The van der Waals surface area contributed by atoms with Crippen LogP contribution in [-0.2, 0) is 0 Å². The first-order valence-corrected chi connectivity index (χ1v) is 16.0. The number of carboxylic acid groups (broad SMARTS) is 2. The minimum absolute atomic E-state index is 0.352. The molecule has 2 amide bonds. The van der Waals surface area contributed by atoms with E-state index < -0.39 is 12.2 Å². The molecule has 0 heterocycles. The van der Waals surface area contributed by atoms with E-state index in [1.165, 1.54) is 99.7 Å². The van der Waals surface area contributed by atoms with Crippen LogP contribution in [0.5, 0.6) is 0 Å². The standard InChI is InChI=1S/C33H58N2O4/c1-4-6-8-10-12-14-16-18-20-22-26-34(32(36)37)30-25-24-29(3)31(28-30)35(33(38)39)27-23-21-19-17-15-13-11-9-7-5-2/h24-25,28H,4-23,26-27H2,1-3H3,(H,36,37)(H,38,39)/p-2. The van der Waals surface area contributed by atoms with Gasteiger partial charge in [0.1, 0.15) is 12.2 Å². The minimum atomic E-state index is -1.25. The zero-order valence-corrected chi connectivity index (χ0v) is 25.3. The van der Waals surface area contributed by atoms with Crippen LogP contribution < -0.4 is 20.0 Å². The average Bonchev–Trinajstić information content (AvgIpc) is 2.91. The van der Waals surface area contributed by atoms with E-state index in [0.29, 0.717) is 24.5 Å². The number of amides is 2. The topological polar surface area (TPSA) is 86.7 Å². The molecule has 0 saturated heterocycles. The van der Waals surface area contributed by atoms with Crippen molar-refractivity contribution in [2.24, 2.45) is 0 Å². The van der Waals surface area contributed by atoms with Crippen LogP contribution in [0.1, 0.15) is 148 Å². The van der Waals surface area contributed by atoms with Gasteiger partial charge >= 0.3 is 0 Å². The van der Waals surface area contributed by atoms with E-state index in [2.05, 4.69) is 13.8 Å². The van der Waals surface area contributed by atoms with E-state index in [-0.39, 0.29) is 0 Å². The summed E-state index contributed by atoms with van der Waals surface area (Å²) < 4.78 is 0. The number of nitrogens with zero attached hydrogens (tertiary/aromatic N) is 2. The largest absolute Gasteiger partial charge is 0.530 e. The number of hydrogen-bond acceptors (Lipinski definition) is 4. The molecule has 0 unspecified atom stereocenters. The van der Waals surface area contributed by atoms with Crippen molar-refractivity contribution < 1.29 is 19.8 Å². The molecular weight excluding hydrogens is 488 g/mol. The summed E-state index contributed by atoms with van der Waals surface area (Å²) >= 11 is 0. The molecule has 1 rings (SSSR count). The molecule has 0 aliphatic heterocycles. The molecule has 6 heteroatoms. The van der Waals surface area contributed by atoms with Crippen LogP contribution in [0, 0.1) is 6.92 Å². The lowest BCUT2D eigenvalue weighted by Gasteiger charge is -2.30. The number of benzene rings is 1. The third kappa shape index (κ3) is 15.8. The van der Waals surface area contributed by atoms with E-state index in [1.54, 1.807) is 18.2 Å². The first-order chi connectivity index (χ1) is 18.9. The lowest BCUT2D eigenvalue weighted by molar-refractivity contribution is -0.247. The molecule has 39 heavy (non-hydrogen) atoms. The van der Waals surface area contributed by atoms with Gasteiger partial charge in [-0.2, -0.15) is 0 Å². The maximum atomic E-state index is 12.0. The number of unbranched alkanes of at least 4 members (excludes halogenated alkanes) is 18. The maximum absolute atomic E-state index is 12.0. The second-order valence-electron chi connectivity index (χ2n) is 11.2. The van der Waals surface area contributed by atoms with Crippen molar-refractivity contribution in [1.82, 2.24) is 0 Å². The second kappa shape index (κ2) is 22.6. The number of carbonyl (C=O) groups excluding carboxylic acids is 2. The second-order valence-corrected chi connectivity index (χ2v) is 11.2. The highest BCUT2D eigenvalue weighted by molar-refractivity contribution is 5.90. The third-order valence-electron chi connectivity index (χ3n) is 7.71. The first kappa shape index (κ1) is 34.8. The molecule has 0 bridgehead atoms. The first-order valence-electron chi connectivity index (χ1n) is 16.0. The lowest BCUT2D eigenvalue weighted by Crippen LogP contribution is -2.43. The predicted molar refractivity (Wildman–Crippen MR) is 160 cm³/mol. The van der Waals surface area contributed by atoms with Gasteiger partial charge in [0.15, 0.2) is 0 Å². The maximum Gasteiger partial charge on any atom is 0.141 e. The number of hydrogen-bond donors (Lipinski definition) is 0. The van der Waals surface area contributed by atoms with Crippen LogP contribution in [0.2, 0.25) is 0 Å². The van der Waals surface area contributed by atoms with Crippen LogP contribution >= 0.6 is 0 Å². The zero-order valence-electron chi connectivity index (χ0n) is 25.3. The fraction of sp³-hybridized carbons (Fsp3) is 0.758. The Balaban J connectivity index is 2.53. The fourth-order valence-electron chi connectivity index (χ4n) is 5.21. The van der Waals surface area contributed by atoms with Gasteiger partial charge in [0.05, 0.1) is 0 Å². The molecule has 0 radical (unpaired) electrons. The summed E-state index contributed by atoms with van der Waals surface area (Å²) in [6.45, 7) is 7.01. The van der Waals surface area contributed by atoms with Gasteiger partial charge in [0.25, 0.3) is 0 Å². The highest BCUT2D eigenvalue weighted by Crippen LogP contribution is 2.28. The van der Waals surface area contributed by atoms with Gasteiger partial charge in [-0.25, -0.2) is 0 Å². The van der Waals surface area contributed by atoms with Crippen molar-refractivity contribution in [3.63, 3.8) is 0 Å². The summed E-state index contributed by atoms with van der Waals surface area (Å²) in [5.74, 6) is 0. The molecule has 224 valence electrons. The van der Waals surface area contributed by atoms with E-state index in [4.69, 9.17) is 0 Å². The monoisotopic (exact) mass is 544 g/mol. The molecule has 0 saturated carbocycles. The predicted octanol–water partition coefficient (Wildman–Crippen LogP) is 8.14. The Kier molecular flexibility index (Phi) is 20.1. The highest BCUT2D eigenvalue weighted by Gasteiger charge is 2.15. The van der Waals surface area contributed by atoms with Crippen LogP contribution in [0.15, 0.2) is 18.2 Å². The van der Waals surface area contributed by atoms with Crippen molar-refractivity contribution in [3.05, 3.63) is 23.8 Å².